The molecule has 17 nitrogen and oxygen atoms in total. The van der Waals surface area contributed by atoms with Gasteiger partial charge < -0.3 is 35.4 Å². The van der Waals surface area contributed by atoms with Gasteiger partial charge in [-0.15, -0.1) is 11.3 Å². The van der Waals surface area contributed by atoms with Crippen LogP contribution in [0.2, 0.25) is 0 Å². The molecule has 3 atom stereocenters. The SMILES string of the molecule is Cc1ncsc1-c1ccc(CNC(=O)[C@@H]2C[C@@H](O)CN2C(=O)[C@@H](NC(=O)CCCCCC(=O)N2CCN(Cc3ccc(Nc4ncc(F)c(-c5cc(F)c6nc(C)n(C(C)C)c6c5)n4)nc3)CC2)C(C)(C)C)cc1. The molecule has 0 spiro atoms. The Bertz CT molecular complexity index is 2970. The summed E-state index contributed by atoms with van der Waals surface area (Å²) < 4.78 is 32.2. The van der Waals surface area contributed by atoms with Gasteiger partial charge in [-0.1, -0.05) is 57.5 Å². The molecule has 392 valence electrons. The van der Waals surface area contributed by atoms with E-state index in [0.29, 0.717) is 75.6 Å². The molecule has 8 rings (SSSR count). The molecule has 2 aliphatic heterocycles. The maximum atomic E-state index is 15.2. The summed E-state index contributed by atoms with van der Waals surface area (Å²) >= 11 is 1.57. The molecule has 20 heteroatoms. The van der Waals surface area contributed by atoms with Crippen molar-refractivity contribution in [1.29, 1.82) is 0 Å². The molecule has 0 unspecified atom stereocenters. The Morgan fingerprint density at radius 2 is 1.58 bits per heavy atom. The quantitative estimate of drug-likeness (QED) is 0.0614. The lowest BCUT2D eigenvalue weighted by Gasteiger charge is -2.35. The van der Waals surface area contributed by atoms with Gasteiger partial charge in [-0.2, -0.15) is 0 Å². The number of unbranched alkanes of at least 4 members (excludes halogenated alkanes) is 2. The summed E-state index contributed by atoms with van der Waals surface area (Å²) in [6.45, 7) is 16.8. The molecule has 6 heterocycles. The smallest absolute Gasteiger partial charge is 0.246 e. The van der Waals surface area contributed by atoms with Crippen molar-refractivity contribution in [3.05, 3.63) is 101 Å². The number of carbonyl (C=O) groups excluding carboxylic acids is 4. The molecule has 6 aromatic rings. The van der Waals surface area contributed by atoms with E-state index in [1.165, 1.54) is 11.0 Å². The molecule has 2 aliphatic rings. The molecule has 0 radical (unpaired) electrons. The van der Waals surface area contributed by atoms with Crippen LogP contribution < -0.4 is 16.0 Å². The third-order valence-electron chi connectivity index (χ3n) is 13.7. The lowest BCUT2D eigenvalue weighted by atomic mass is 9.85. The van der Waals surface area contributed by atoms with Crippen LogP contribution in [0.4, 0.5) is 20.5 Å². The number of thiazole rings is 1. The lowest BCUT2D eigenvalue weighted by Crippen LogP contribution is -2.57. The molecule has 2 aromatic carbocycles. The van der Waals surface area contributed by atoms with Gasteiger partial charge in [0.05, 0.1) is 33.9 Å². The topological polar surface area (TPSA) is 204 Å². The summed E-state index contributed by atoms with van der Waals surface area (Å²) in [7, 11) is 0. The fourth-order valence-electron chi connectivity index (χ4n) is 9.72. The molecular weight excluding hydrogens is 967 g/mol. The van der Waals surface area contributed by atoms with Gasteiger partial charge in [-0.3, -0.25) is 24.1 Å². The number of aryl methyl sites for hydroxylation is 2. The second-order valence-electron chi connectivity index (χ2n) is 20.7. The predicted octanol–water partition coefficient (Wildman–Crippen LogP) is 7.64. The zero-order valence-electron chi connectivity index (χ0n) is 43.1. The number of nitrogens with zero attached hydrogens (tertiary/aromatic N) is 9. The summed E-state index contributed by atoms with van der Waals surface area (Å²) in [5, 5.41) is 19.5. The fraction of sp³-hybridized carbons (Fsp3) is 0.463. The van der Waals surface area contributed by atoms with Crippen LogP contribution in [0.25, 0.3) is 32.7 Å². The number of nitrogens with one attached hydrogen (secondary N) is 3. The summed E-state index contributed by atoms with van der Waals surface area (Å²) in [4.78, 5) is 82.3. The third-order valence-corrected chi connectivity index (χ3v) is 14.6. The van der Waals surface area contributed by atoms with Gasteiger partial charge >= 0.3 is 0 Å². The van der Waals surface area contributed by atoms with Gasteiger partial charge in [0.15, 0.2) is 11.6 Å². The largest absolute Gasteiger partial charge is 0.391 e. The van der Waals surface area contributed by atoms with Crippen molar-refractivity contribution in [3.63, 3.8) is 0 Å². The van der Waals surface area contributed by atoms with Crippen LogP contribution in [0, 0.1) is 30.9 Å². The Labute approximate surface area is 434 Å². The molecule has 0 bridgehead atoms. The first-order valence-corrected chi connectivity index (χ1v) is 26.2. The number of imidazole rings is 1. The minimum absolute atomic E-state index is 0.00719. The molecule has 4 amide bonds. The number of hydrogen-bond acceptors (Lipinski definition) is 13. The van der Waals surface area contributed by atoms with Crippen molar-refractivity contribution in [2.24, 2.45) is 5.41 Å². The number of hydrogen-bond donors (Lipinski definition) is 4. The Morgan fingerprint density at radius 3 is 2.26 bits per heavy atom. The Morgan fingerprint density at radius 1 is 0.851 bits per heavy atom. The molecule has 0 aliphatic carbocycles. The summed E-state index contributed by atoms with van der Waals surface area (Å²) in [6, 6.07) is 12.7. The molecule has 4 N–H and O–H groups in total. The van der Waals surface area contributed by atoms with E-state index in [0.717, 1.165) is 33.5 Å². The van der Waals surface area contributed by atoms with E-state index in [1.54, 1.807) is 29.7 Å². The zero-order valence-corrected chi connectivity index (χ0v) is 43.9. The van der Waals surface area contributed by atoms with E-state index in [1.807, 2.05) is 93.8 Å². The van der Waals surface area contributed by atoms with Crippen LogP contribution in [-0.4, -0.2) is 124 Å². The highest BCUT2D eigenvalue weighted by molar-refractivity contribution is 7.13. The number of aromatic nitrogens is 6. The number of fused-ring (bicyclic) bond motifs is 1. The number of pyridine rings is 1. The number of carbonyl (C=O) groups is 4. The standard InChI is InChI=1S/C54H66F2N12O5S/c1-32(2)68-34(4)61-48-40(55)23-38(24-42(48)68)47-41(56)28-59-53(64-47)62-44-18-15-36(27-57-44)29-65-19-21-66(22-20-65)46(71)12-10-8-9-11-45(70)63-50(54(5,6)7)52(73)67-30-39(69)25-43(67)51(72)58-26-35-13-16-37(17-14-35)49-33(3)60-31-74-49/h13-18,23-24,27-28,31-32,39,43,50,69H,8-12,19-22,25-26,29-30H2,1-7H3,(H,58,72)(H,63,70)(H,57,59,62,64)/t39-,43+,50-/m1/s1. The highest BCUT2D eigenvalue weighted by Gasteiger charge is 2.44. The van der Waals surface area contributed by atoms with Gasteiger partial charge in [0, 0.05) is 82.9 Å². The van der Waals surface area contributed by atoms with E-state index < -0.39 is 41.1 Å². The number of aliphatic hydroxyl groups is 1. The van der Waals surface area contributed by atoms with Crippen LogP contribution in [0.1, 0.15) is 102 Å². The van der Waals surface area contributed by atoms with Gasteiger partial charge in [0.2, 0.25) is 29.6 Å². The van der Waals surface area contributed by atoms with E-state index >= 15 is 8.78 Å². The minimum Gasteiger partial charge on any atom is -0.391 e. The van der Waals surface area contributed by atoms with Crippen LogP contribution in [0.15, 0.2) is 66.4 Å². The normalized spacial score (nSPS) is 16.7. The van der Waals surface area contributed by atoms with Gasteiger partial charge in [-0.25, -0.2) is 33.7 Å². The first-order chi connectivity index (χ1) is 35.3. The van der Waals surface area contributed by atoms with Crippen molar-refractivity contribution < 1.29 is 33.1 Å². The average Bonchev–Trinajstić information content (AvgIpc) is 4.09. The second-order valence-corrected chi connectivity index (χ2v) is 21.5. The third kappa shape index (κ3) is 12.8. The van der Waals surface area contributed by atoms with Crippen molar-refractivity contribution in [1.82, 2.24) is 54.8 Å². The summed E-state index contributed by atoms with van der Waals surface area (Å²) in [6.07, 6.45) is 4.40. The number of β-amino-alcohol motifs (C(OH)–C–C–N with tert-alkyl or cyclic N) is 1. The number of amides is 4. The first kappa shape index (κ1) is 53.5. The molecule has 2 saturated heterocycles. The number of piperazine rings is 1. The van der Waals surface area contributed by atoms with Crippen molar-refractivity contribution in [2.45, 2.75) is 124 Å². The van der Waals surface area contributed by atoms with E-state index in [2.05, 4.69) is 45.8 Å². The monoisotopic (exact) mass is 1030 g/mol. The van der Waals surface area contributed by atoms with E-state index in [-0.39, 0.29) is 72.4 Å². The summed E-state index contributed by atoms with van der Waals surface area (Å²) in [5.41, 5.74) is 6.00. The van der Waals surface area contributed by atoms with Gasteiger partial charge in [-0.05, 0) is 80.8 Å². The van der Waals surface area contributed by atoms with Crippen molar-refractivity contribution in [3.8, 4) is 21.7 Å². The fourth-order valence-corrected chi connectivity index (χ4v) is 10.5. The second kappa shape index (κ2) is 23.2. The number of likely N-dealkylation sites (tertiary alicyclic amines) is 1. The maximum absolute atomic E-state index is 15.2. The molecule has 2 fully saturated rings. The van der Waals surface area contributed by atoms with Crippen molar-refractivity contribution in [2.75, 3.05) is 38.0 Å². The van der Waals surface area contributed by atoms with Gasteiger partial charge in [0.25, 0.3) is 0 Å². The molecular formula is C54H66F2N12O5S. The number of halogens is 2. The number of rotatable bonds is 18. The molecule has 4 aromatic heterocycles. The molecule has 74 heavy (non-hydrogen) atoms. The Kier molecular flexibility index (Phi) is 16.8. The lowest BCUT2D eigenvalue weighted by molar-refractivity contribution is -0.144. The van der Waals surface area contributed by atoms with Gasteiger partial charge in [0.1, 0.15) is 34.9 Å². The van der Waals surface area contributed by atoms with Crippen LogP contribution in [0.5, 0.6) is 0 Å². The number of anilines is 2. The number of aliphatic hydroxyl groups excluding tert-OH is 1. The Balaban J connectivity index is 0.741. The number of benzene rings is 2. The zero-order chi connectivity index (χ0) is 52.8. The highest BCUT2D eigenvalue weighted by atomic mass is 32.1. The average molecular weight is 1030 g/mol. The van der Waals surface area contributed by atoms with E-state index in [9.17, 15) is 24.3 Å². The minimum atomic E-state index is -0.919. The van der Waals surface area contributed by atoms with Crippen molar-refractivity contribution >= 4 is 57.8 Å². The van der Waals surface area contributed by atoms with Crippen LogP contribution in [0.3, 0.4) is 0 Å². The first-order valence-electron chi connectivity index (χ1n) is 25.3. The van der Waals surface area contributed by atoms with Crippen LogP contribution in [-0.2, 0) is 32.3 Å². The highest BCUT2D eigenvalue weighted by Crippen LogP contribution is 2.32. The molecule has 0 saturated carbocycles. The van der Waals surface area contributed by atoms with E-state index in [4.69, 9.17) is 0 Å². The van der Waals surface area contributed by atoms with Crippen LogP contribution >= 0.6 is 11.3 Å². The Hall–Kier alpha value is -6.77. The predicted molar refractivity (Wildman–Crippen MR) is 280 cm³/mol. The summed E-state index contributed by atoms with van der Waals surface area (Å²) in [5.74, 6) is -1.02. The maximum Gasteiger partial charge on any atom is 0.246 e.